The van der Waals surface area contributed by atoms with Gasteiger partial charge in [0.15, 0.2) is 8.15 Å². The highest BCUT2D eigenvalue weighted by Gasteiger charge is 1.89. The van der Waals surface area contributed by atoms with Crippen molar-refractivity contribution < 1.29 is 4.57 Å². The summed E-state index contributed by atoms with van der Waals surface area (Å²) in [5.41, 5.74) is 0. The molecule has 0 aliphatic heterocycles. The summed E-state index contributed by atoms with van der Waals surface area (Å²) in [6.45, 7) is 2.29. The standard InChI is InChI=1S/C6H16N2.H2OP2/c1-7(2)5-6-8(3)4;1-3-2/h5-6H2,1-4H3;2H2. The number of rotatable bonds is 3. The van der Waals surface area contributed by atoms with E-state index in [-0.39, 0.29) is 8.15 Å². The van der Waals surface area contributed by atoms with Crippen LogP contribution >= 0.6 is 17.1 Å². The number of hydrogen-bond donors (Lipinski definition) is 0. The largest absolute Gasteiger partial charge is 0.308 e. The first-order chi connectivity index (χ1) is 5.04. The zero-order valence-corrected chi connectivity index (χ0v) is 9.79. The van der Waals surface area contributed by atoms with E-state index in [9.17, 15) is 0 Å². The van der Waals surface area contributed by atoms with Gasteiger partial charge >= 0.3 is 0 Å². The van der Waals surface area contributed by atoms with Gasteiger partial charge in [-0.3, -0.25) is 4.57 Å². The van der Waals surface area contributed by atoms with E-state index in [0.717, 1.165) is 13.1 Å². The molecule has 0 aromatic carbocycles. The van der Waals surface area contributed by atoms with Gasteiger partial charge in [0.2, 0.25) is 0 Å². The van der Waals surface area contributed by atoms with Gasteiger partial charge in [-0.2, -0.15) is 0 Å². The first-order valence-electron chi connectivity index (χ1n) is 3.36. The van der Waals surface area contributed by atoms with Gasteiger partial charge in [0.05, 0.1) is 0 Å². The van der Waals surface area contributed by atoms with Gasteiger partial charge < -0.3 is 9.80 Å². The Bertz CT molecular complexity index is 80.7. The van der Waals surface area contributed by atoms with Crippen LogP contribution in [0.3, 0.4) is 0 Å². The maximum absolute atomic E-state index is 8.87. The van der Waals surface area contributed by atoms with Crippen LogP contribution in [0.15, 0.2) is 0 Å². The predicted molar refractivity (Wildman–Crippen MR) is 54.4 cm³/mol. The van der Waals surface area contributed by atoms with Crippen molar-refractivity contribution in [2.24, 2.45) is 0 Å². The second kappa shape index (κ2) is 10.4. The molecule has 0 bridgehead atoms. The van der Waals surface area contributed by atoms with Crippen molar-refractivity contribution in [3.05, 3.63) is 0 Å². The molecule has 11 heavy (non-hydrogen) atoms. The van der Waals surface area contributed by atoms with Gasteiger partial charge in [-0.05, 0) is 37.1 Å². The third-order valence-electron chi connectivity index (χ3n) is 0.994. The summed E-state index contributed by atoms with van der Waals surface area (Å²) in [4.78, 5) is 4.36. The Morgan fingerprint density at radius 3 is 1.36 bits per heavy atom. The molecule has 0 rings (SSSR count). The summed E-state index contributed by atoms with van der Waals surface area (Å²) >= 11 is 0. The molecule has 0 heterocycles. The zero-order valence-electron chi connectivity index (χ0n) is 7.74. The van der Waals surface area contributed by atoms with Gasteiger partial charge in [-0.1, -0.05) is 0 Å². The first kappa shape index (κ1) is 14.0. The maximum atomic E-state index is 8.87. The fourth-order valence-corrected chi connectivity index (χ4v) is 0.400. The Labute approximate surface area is 73.4 Å². The van der Waals surface area contributed by atoms with Crippen LogP contribution in [0.25, 0.3) is 0 Å². The molecule has 0 aliphatic rings. The molecular weight excluding hydrogens is 178 g/mol. The number of nitrogens with zero attached hydrogens (tertiary/aromatic N) is 2. The molecule has 0 saturated carbocycles. The minimum absolute atomic E-state index is 0.0833. The molecule has 0 aliphatic carbocycles. The van der Waals surface area contributed by atoms with Gasteiger partial charge in [-0.25, -0.2) is 0 Å². The van der Waals surface area contributed by atoms with Gasteiger partial charge in [0, 0.05) is 13.1 Å². The zero-order chi connectivity index (χ0) is 9.28. The van der Waals surface area contributed by atoms with Crippen LogP contribution in [-0.2, 0) is 4.57 Å². The summed E-state index contributed by atoms with van der Waals surface area (Å²) in [5.74, 6) is 0. The van der Waals surface area contributed by atoms with Crippen molar-refractivity contribution in [3.63, 3.8) is 0 Å². The van der Waals surface area contributed by atoms with Crippen LogP contribution in [-0.4, -0.2) is 51.1 Å². The molecule has 1 unspecified atom stereocenters. The SMILES string of the molecule is CN(C)CCN(C)C.O=PP. The minimum atomic E-state index is 0.0833. The predicted octanol–water partition coefficient (Wildman–Crippen LogP) is 1.18. The summed E-state index contributed by atoms with van der Waals surface area (Å²) in [5, 5.41) is 0. The van der Waals surface area contributed by atoms with E-state index >= 15 is 0 Å². The lowest BCUT2D eigenvalue weighted by molar-refractivity contribution is 0.320. The van der Waals surface area contributed by atoms with Crippen LogP contribution in [0.1, 0.15) is 0 Å². The van der Waals surface area contributed by atoms with Gasteiger partial charge in [0.25, 0.3) is 0 Å². The van der Waals surface area contributed by atoms with E-state index in [0.29, 0.717) is 0 Å². The van der Waals surface area contributed by atoms with Gasteiger partial charge in [-0.15, -0.1) is 0 Å². The van der Waals surface area contributed by atoms with Crippen molar-refractivity contribution >= 4 is 17.1 Å². The Morgan fingerprint density at radius 1 is 1.09 bits per heavy atom. The lowest BCUT2D eigenvalue weighted by Crippen LogP contribution is -2.25. The molecule has 0 N–H and O–H groups in total. The Balaban J connectivity index is 0. The molecule has 0 aromatic rings. The fourth-order valence-electron chi connectivity index (χ4n) is 0.400. The van der Waals surface area contributed by atoms with E-state index in [4.69, 9.17) is 4.57 Å². The number of hydrogen-bond acceptors (Lipinski definition) is 3. The van der Waals surface area contributed by atoms with Crippen LogP contribution in [0.5, 0.6) is 0 Å². The first-order valence-corrected chi connectivity index (χ1v) is 5.79. The lowest BCUT2D eigenvalue weighted by atomic mass is 10.5. The average Bonchev–Trinajstić information content (AvgIpc) is 1.85. The average molecular weight is 196 g/mol. The molecule has 0 aromatic heterocycles. The van der Waals surface area contributed by atoms with E-state index in [1.54, 1.807) is 0 Å². The van der Waals surface area contributed by atoms with E-state index in [1.165, 1.54) is 0 Å². The molecule has 0 saturated heterocycles. The highest BCUT2D eigenvalue weighted by atomic mass is 32.0. The monoisotopic (exact) mass is 196 g/mol. The van der Waals surface area contributed by atoms with Crippen LogP contribution in [0.4, 0.5) is 0 Å². The summed E-state index contributed by atoms with van der Waals surface area (Å²) in [6, 6.07) is 0. The molecule has 1 atom stereocenters. The van der Waals surface area contributed by atoms with E-state index < -0.39 is 0 Å². The lowest BCUT2D eigenvalue weighted by Gasteiger charge is -2.13. The molecule has 5 heteroatoms. The smallest absolute Gasteiger partial charge is 0.174 e. The van der Waals surface area contributed by atoms with Crippen LogP contribution < -0.4 is 0 Å². The molecule has 0 fully saturated rings. The van der Waals surface area contributed by atoms with Crippen LogP contribution in [0.2, 0.25) is 0 Å². The Hall–Kier alpha value is 0.450. The van der Waals surface area contributed by atoms with Gasteiger partial charge in [0.1, 0.15) is 0 Å². The Morgan fingerprint density at radius 2 is 1.27 bits per heavy atom. The van der Waals surface area contributed by atoms with Crippen molar-refractivity contribution in [3.8, 4) is 0 Å². The van der Waals surface area contributed by atoms with Crippen molar-refractivity contribution in [1.82, 2.24) is 9.80 Å². The summed E-state index contributed by atoms with van der Waals surface area (Å²) in [7, 11) is 10.4. The van der Waals surface area contributed by atoms with Crippen LogP contribution in [0, 0.1) is 0 Å². The Kier molecular flexibility index (Phi) is 13.3. The topological polar surface area (TPSA) is 23.6 Å². The quantitative estimate of drug-likeness (QED) is 0.633. The van der Waals surface area contributed by atoms with Crippen molar-refractivity contribution in [1.29, 1.82) is 0 Å². The molecule has 3 nitrogen and oxygen atoms in total. The third-order valence-corrected chi connectivity index (χ3v) is 0.994. The van der Waals surface area contributed by atoms with E-state index in [2.05, 4.69) is 38.0 Å². The molecule has 68 valence electrons. The fraction of sp³-hybridized carbons (Fsp3) is 1.00. The maximum Gasteiger partial charge on any atom is 0.174 e. The molecule has 0 radical (unpaired) electrons. The summed E-state index contributed by atoms with van der Waals surface area (Å²) in [6.07, 6.45) is 0. The van der Waals surface area contributed by atoms with Crippen molar-refractivity contribution in [2.75, 3.05) is 41.3 Å². The third kappa shape index (κ3) is 25.1. The molecule has 0 amide bonds. The second-order valence-electron chi connectivity index (χ2n) is 2.71. The molecule has 0 spiro atoms. The summed E-state index contributed by atoms with van der Waals surface area (Å²) < 4.78 is 8.87. The highest BCUT2D eigenvalue weighted by Crippen LogP contribution is 1.99. The normalized spacial score (nSPS) is 10.1. The molecular formula is C6H18N2OP2. The highest BCUT2D eigenvalue weighted by molar-refractivity contribution is 7.96. The van der Waals surface area contributed by atoms with Crippen molar-refractivity contribution in [2.45, 2.75) is 0 Å². The number of likely N-dealkylation sites (N-methyl/N-ethyl adjacent to an activating group) is 2. The minimum Gasteiger partial charge on any atom is -0.308 e. The van der Waals surface area contributed by atoms with E-state index in [1.807, 2.05) is 8.93 Å². The second-order valence-corrected chi connectivity index (χ2v) is 3.56.